The van der Waals surface area contributed by atoms with E-state index < -0.39 is 25.2 Å². The van der Waals surface area contributed by atoms with E-state index in [0.717, 1.165) is 4.88 Å². The van der Waals surface area contributed by atoms with Crippen molar-refractivity contribution in [1.29, 1.82) is 0 Å². The third-order valence-electron chi connectivity index (χ3n) is 5.77. The Morgan fingerprint density at radius 2 is 1.97 bits per heavy atom. The van der Waals surface area contributed by atoms with Gasteiger partial charge in [-0.15, -0.1) is 11.6 Å². The van der Waals surface area contributed by atoms with Gasteiger partial charge < -0.3 is 9.74 Å². The molecule has 1 rings (SSSR count). The molecular weight excluding hydrogens is 426 g/mol. The van der Waals surface area contributed by atoms with Gasteiger partial charge in [-0.2, -0.15) is 0 Å². The van der Waals surface area contributed by atoms with Gasteiger partial charge in [0.05, 0.1) is 16.4 Å². The number of carbonyl (C=O) groups excluding carboxylic acids is 1. The Morgan fingerprint density at radius 1 is 1.38 bits per heavy atom. The second-order valence-corrected chi connectivity index (χ2v) is 15.8. The smallest absolute Gasteiger partial charge is 0.231 e. The summed E-state index contributed by atoms with van der Waals surface area (Å²) in [4.78, 5) is 20.2. The minimum Gasteiger partial charge on any atom is -0.408 e. The Kier molecular flexibility index (Phi) is 8.75. The molecule has 0 fully saturated rings. The van der Waals surface area contributed by atoms with Crippen LogP contribution in [0.3, 0.4) is 0 Å². The number of azide groups is 1. The van der Waals surface area contributed by atoms with Crippen molar-refractivity contribution in [1.82, 2.24) is 4.98 Å². The summed E-state index contributed by atoms with van der Waals surface area (Å²) in [5.74, 6) is 0.321. The highest BCUT2D eigenvalue weighted by molar-refractivity contribution is 7.15. The van der Waals surface area contributed by atoms with Gasteiger partial charge in [-0.25, -0.2) is 4.98 Å². The molecule has 10 heteroatoms. The van der Waals surface area contributed by atoms with Crippen molar-refractivity contribution in [2.24, 2.45) is 16.4 Å². The molecule has 0 saturated heterocycles. The molecule has 0 saturated carbocycles. The number of hydrogen-bond donors (Lipinski definition) is 1. The van der Waals surface area contributed by atoms with Crippen LogP contribution in [0.2, 0.25) is 18.1 Å². The van der Waals surface area contributed by atoms with Crippen LogP contribution in [0.15, 0.2) is 11.3 Å². The molecule has 2 atom stereocenters. The molecule has 29 heavy (non-hydrogen) atoms. The summed E-state index contributed by atoms with van der Waals surface area (Å²) in [7, 11) is -2.22. The highest BCUT2D eigenvalue weighted by Crippen LogP contribution is 2.47. The fourth-order valence-corrected chi connectivity index (χ4v) is 6.47. The molecule has 1 heterocycles. The van der Waals surface area contributed by atoms with E-state index in [1.807, 2.05) is 20.8 Å². The monoisotopic (exact) mass is 459 g/mol. The molecule has 0 aromatic carbocycles. The first kappa shape index (κ1) is 25.9. The Morgan fingerprint density at radius 3 is 2.45 bits per heavy atom. The number of aromatic nitrogens is 1. The summed E-state index contributed by atoms with van der Waals surface area (Å²) in [6.45, 7) is 18.8. The summed E-state index contributed by atoms with van der Waals surface area (Å²) in [5, 5.41) is 6.44. The van der Waals surface area contributed by atoms with Crippen molar-refractivity contribution in [2.45, 2.75) is 78.1 Å². The molecule has 1 aromatic rings. The number of amides is 1. The first-order chi connectivity index (χ1) is 13.1. The average Bonchev–Trinajstić information content (AvgIpc) is 3.04. The van der Waals surface area contributed by atoms with Crippen LogP contribution in [-0.2, 0) is 9.22 Å². The molecular formula is C19H34ClN5O2SSi. The second-order valence-electron chi connectivity index (χ2n) is 9.63. The lowest BCUT2D eigenvalue weighted by Crippen LogP contribution is -2.47. The van der Waals surface area contributed by atoms with Gasteiger partial charge in [0.25, 0.3) is 0 Å². The van der Waals surface area contributed by atoms with Gasteiger partial charge in [0.15, 0.2) is 13.4 Å². The predicted molar refractivity (Wildman–Crippen MR) is 124 cm³/mol. The maximum atomic E-state index is 12.3. The second kappa shape index (κ2) is 9.79. The quantitative estimate of drug-likeness (QED) is 0.145. The minimum atomic E-state index is -2.22. The van der Waals surface area contributed by atoms with E-state index in [-0.39, 0.29) is 17.5 Å². The number of halogens is 1. The van der Waals surface area contributed by atoms with Gasteiger partial charge in [-0.05, 0) is 29.6 Å². The lowest BCUT2D eigenvalue weighted by atomic mass is 9.96. The molecule has 0 radical (unpaired) electrons. The van der Waals surface area contributed by atoms with Gasteiger partial charge in [0.2, 0.25) is 5.91 Å². The zero-order chi connectivity index (χ0) is 22.6. The van der Waals surface area contributed by atoms with E-state index in [1.165, 1.54) is 11.3 Å². The highest BCUT2D eigenvalue weighted by atomic mass is 35.5. The molecule has 0 aliphatic rings. The van der Waals surface area contributed by atoms with Gasteiger partial charge in [-0.1, -0.05) is 64.9 Å². The molecule has 0 aliphatic carbocycles. The first-order valence-electron chi connectivity index (χ1n) is 9.73. The van der Waals surface area contributed by atoms with Crippen LogP contribution in [-0.4, -0.2) is 31.1 Å². The van der Waals surface area contributed by atoms with Crippen molar-refractivity contribution in [3.63, 3.8) is 0 Å². The molecule has 7 nitrogen and oxygen atoms in total. The number of thiazole rings is 1. The summed E-state index contributed by atoms with van der Waals surface area (Å²) in [6, 6.07) is 0. The number of alkyl halides is 1. The zero-order valence-electron chi connectivity index (χ0n) is 18.9. The third-order valence-corrected chi connectivity index (χ3v) is 11.6. The predicted octanol–water partition coefficient (Wildman–Crippen LogP) is 6.74. The van der Waals surface area contributed by atoms with Gasteiger partial charge >= 0.3 is 0 Å². The number of hydrogen-bond acceptors (Lipinski definition) is 5. The maximum Gasteiger partial charge on any atom is 0.231 e. The van der Waals surface area contributed by atoms with E-state index in [1.54, 1.807) is 6.20 Å². The van der Waals surface area contributed by atoms with Crippen molar-refractivity contribution >= 4 is 42.3 Å². The van der Waals surface area contributed by atoms with Gasteiger partial charge in [0, 0.05) is 23.1 Å². The number of anilines is 1. The molecule has 0 bridgehead atoms. The third kappa shape index (κ3) is 6.69. The topological polar surface area (TPSA) is 100.0 Å². The van der Waals surface area contributed by atoms with Gasteiger partial charge in [0.1, 0.15) is 0 Å². The van der Waals surface area contributed by atoms with Crippen LogP contribution >= 0.6 is 22.9 Å². The minimum absolute atomic E-state index is 0.00563. The van der Waals surface area contributed by atoms with Crippen LogP contribution in [0.4, 0.5) is 5.13 Å². The standard InChI is InChI=1S/C19H34ClN5O2SSi/c1-12(2)19(6,7)29(8,9)27-15(13(20)10-23-25-21)14-11-22-17(28-14)24-16(26)18(3,4)5/h11-13,15H,10H2,1-9H3,(H,22,24,26)/t13-,15-/m0/s1. The molecule has 0 spiro atoms. The Bertz CT molecular complexity index is 754. The fourth-order valence-electron chi connectivity index (χ4n) is 2.45. The lowest BCUT2D eigenvalue weighted by molar-refractivity contribution is -0.123. The van der Waals surface area contributed by atoms with E-state index >= 15 is 0 Å². The normalized spacial score (nSPS) is 15.0. The fraction of sp³-hybridized carbons (Fsp3) is 0.789. The van der Waals surface area contributed by atoms with Crippen molar-refractivity contribution in [3.8, 4) is 0 Å². The SMILES string of the molecule is CC(C)C(C)(C)[Si](C)(C)O[C@H](c1cnc(NC(=O)C(C)(C)C)s1)[C@@H](Cl)CN=[N+]=[N-]. The summed E-state index contributed by atoms with van der Waals surface area (Å²) < 4.78 is 6.68. The van der Waals surface area contributed by atoms with E-state index in [4.69, 9.17) is 21.6 Å². The van der Waals surface area contributed by atoms with Crippen molar-refractivity contribution in [3.05, 3.63) is 21.5 Å². The number of nitrogens with one attached hydrogen (secondary N) is 1. The summed E-state index contributed by atoms with van der Waals surface area (Å²) in [5.41, 5.74) is 8.17. The van der Waals surface area contributed by atoms with Gasteiger partial charge in [-0.3, -0.25) is 4.79 Å². The molecule has 0 unspecified atom stereocenters. The average molecular weight is 460 g/mol. The zero-order valence-corrected chi connectivity index (χ0v) is 21.5. The number of carbonyl (C=O) groups is 1. The molecule has 1 amide bonds. The van der Waals surface area contributed by atoms with Crippen LogP contribution in [0, 0.1) is 11.3 Å². The number of nitrogens with zero attached hydrogens (tertiary/aromatic N) is 4. The molecule has 0 aliphatic heterocycles. The van der Waals surface area contributed by atoms with E-state index in [0.29, 0.717) is 11.0 Å². The van der Waals surface area contributed by atoms with Crippen LogP contribution in [0.25, 0.3) is 10.4 Å². The Labute approximate surface area is 184 Å². The summed E-state index contributed by atoms with van der Waals surface area (Å²) >= 11 is 7.95. The van der Waals surface area contributed by atoms with Crippen LogP contribution in [0.5, 0.6) is 0 Å². The van der Waals surface area contributed by atoms with E-state index in [2.05, 4.69) is 61.1 Å². The maximum absolute atomic E-state index is 12.3. The van der Waals surface area contributed by atoms with Crippen LogP contribution < -0.4 is 5.32 Å². The Hall–Kier alpha value is -1.12. The molecule has 1 aromatic heterocycles. The molecule has 164 valence electrons. The lowest BCUT2D eigenvalue weighted by Gasteiger charge is -2.44. The van der Waals surface area contributed by atoms with Crippen LogP contribution in [0.1, 0.15) is 59.4 Å². The van der Waals surface area contributed by atoms with Crippen molar-refractivity contribution in [2.75, 3.05) is 11.9 Å². The van der Waals surface area contributed by atoms with E-state index in [9.17, 15) is 4.79 Å². The van der Waals surface area contributed by atoms with Crippen molar-refractivity contribution < 1.29 is 9.22 Å². The summed E-state index contributed by atoms with van der Waals surface area (Å²) in [6.07, 6.45) is 1.21. The Balaban J connectivity index is 3.21. The largest absolute Gasteiger partial charge is 0.408 e. The first-order valence-corrected chi connectivity index (χ1v) is 13.9. The number of rotatable bonds is 9. The molecule has 1 N–H and O–H groups in total. The highest BCUT2D eigenvalue weighted by Gasteiger charge is 2.46.